The van der Waals surface area contributed by atoms with E-state index in [2.05, 4.69) is 16.2 Å². The minimum Gasteiger partial charge on any atom is -0.467 e. The monoisotopic (exact) mass is 447 g/mol. The number of hydrazine groups is 2. The first kappa shape index (κ1) is 26.2. The zero-order valence-electron chi connectivity index (χ0n) is 17.3. The van der Waals surface area contributed by atoms with Crippen LogP contribution in [-0.2, 0) is 42.9 Å². The van der Waals surface area contributed by atoms with Gasteiger partial charge in [0.2, 0.25) is 24.0 Å². The number of carbonyl (C=O) groups excluding carboxylic acids is 5. The molecular formula is C17H29N5O9. The molecule has 0 radical (unpaired) electrons. The molecule has 6 N–H and O–H groups in total. The van der Waals surface area contributed by atoms with Gasteiger partial charge in [0.25, 0.3) is 12.9 Å². The number of nitrogens with two attached hydrogens (primary N) is 1. The predicted molar refractivity (Wildman–Crippen MR) is 102 cm³/mol. The molecule has 0 saturated carbocycles. The van der Waals surface area contributed by atoms with Crippen molar-refractivity contribution in [3.8, 4) is 0 Å². The van der Waals surface area contributed by atoms with Gasteiger partial charge in [0, 0.05) is 32.8 Å². The standard InChI is InChI=1S/C17H29N5O9/c1-10(25)19-14-11(7-29-8-23)15(28-2)17(30-9-24)31-16(14)22-21-13(27)6-4-3-5-12(26)20-18/h8-9,11,14-17,22H,3-7,18H2,1-2H3,(H,19,25)(H,20,26)(H,21,27)/t11-,14?,15+,16-,17?/m1/s1. The summed E-state index contributed by atoms with van der Waals surface area (Å²) in [6, 6.07) is -0.817. The average Bonchev–Trinajstić information content (AvgIpc) is 2.74. The van der Waals surface area contributed by atoms with Gasteiger partial charge in [-0.1, -0.05) is 0 Å². The molecule has 5 atom stereocenters. The second-order valence-corrected chi connectivity index (χ2v) is 6.64. The van der Waals surface area contributed by atoms with Crippen molar-refractivity contribution in [2.45, 2.75) is 57.3 Å². The number of carbonyl (C=O) groups is 5. The summed E-state index contributed by atoms with van der Waals surface area (Å²) in [5, 5.41) is 2.66. The fraction of sp³-hybridized carbons (Fsp3) is 0.706. The lowest BCUT2D eigenvalue weighted by atomic mass is 9.89. The van der Waals surface area contributed by atoms with Gasteiger partial charge >= 0.3 is 0 Å². The smallest absolute Gasteiger partial charge is 0.295 e. The third-order valence-electron chi connectivity index (χ3n) is 4.52. The first-order chi connectivity index (χ1) is 14.9. The summed E-state index contributed by atoms with van der Waals surface area (Å²) in [5.74, 6) is 3.16. The molecule has 3 amide bonds. The number of hydrogen-bond donors (Lipinski definition) is 5. The van der Waals surface area contributed by atoms with Gasteiger partial charge in [0.15, 0.2) is 0 Å². The Labute approximate surface area is 178 Å². The Kier molecular flexibility index (Phi) is 12.0. The van der Waals surface area contributed by atoms with Crippen LogP contribution in [0.4, 0.5) is 0 Å². The maximum Gasteiger partial charge on any atom is 0.295 e. The van der Waals surface area contributed by atoms with Crippen LogP contribution in [0, 0.1) is 5.92 Å². The zero-order valence-corrected chi connectivity index (χ0v) is 17.3. The van der Waals surface area contributed by atoms with Crippen LogP contribution in [0.5, 0.6) is 0 Å². The van der Waals surface area contributed by atoms with Crippen LogP contribution in [0.15, 0.2) is 0 Å². The summed E-state index contributed by atoms with van der Waals surface area (Å²) >= 11 is 0. The van der Waals surface area contributed by atoms with Crippen LogP contribution >= 0.6 is 0 Å². The van der Waals surface area contributed by atoms with Gasteiger partial charge in [-0.3, -0.25) is 34.8 Å². The number of hydrogen-bond acceptors (Lipinski definition) is 11. The Bertz CT molecular complexity index is 621. The zero-order chi connectivity index (χ0) is 23.2. The summed E-state index contributed by atoms with van der Waals surface area (Å²) in [5.41, 5.74) is 7.09. The van der Waals surface area contributed by atoms with Crippen molar-refractivity contribution in [3.05, 3.63) is 0 Å². The van der Waals surface area contributed by atoms with Gasteiger partial charge in [-0.05, 0) is 12.8 Å². The molecule has 1 saturated heterocycles. The Hall–Kier alpha value is -2.81. The molecule has 0 aromatic rings. The molecule has 2 unspecified atom stereocenters. The van der Waals surface area contributed by atoms with Crippen LogP contribution in [0.25, 0.3) is 0 Å². The van der Waals surface area contributed by atoms with E-state index in [4.69, 9.17) is 24.8 Å². The Morgan fingerprint density at radius 2 is 1.77 bits per heavy atom. The molecule has 0 aliphatic carbocycles. The first-order valence-corrected chi connectivity index (χ1v) is 9.51. The van der Waals surface area contributed by atoms with E-state index >= 15 is 0 Å². The first-order valence-electron chi connectivity index (χ1n) is 9.51. The molecule has 0 aromatic heterocycles. The van der Waals surface area contributed by atoms with E-state index in [1.165, 1.54) is 14.0 Å². The lowest BCUT2D eigenvalue weighted by Crippen LogP contribution is -2.68. The third kappa shape index (κ3) is 8.84. The quantitative estimate of drug-likeness (QED) is 0.0612. The molecule has 0 spiro atoms. The highest BCUT2D eigenvalue weighted by molar-refractivity contribution is 5.76. The molecular weight excluding hydrogens is 418 g/mol. The van der Waals surface area contributed by atoms with Crippen LogP contribution in [0.2, 0.25) is 0 Å². The van der Waals surface area contributed by atoms with Crippen molar-refractivity contribution >= 4 is 30.7 Å². The Balaban J connectivity index is 2.81. The molecule has 14 nitrogen and oxygen atoms in total. The van der Waals surface area contributed by atoms with Crippen LogP contribution in [-0.4, -0.2) is 69.0 Å². The van der Waals surface area contributed by atoms with E-state index in [0.717, 1.165) is 0 Å². The minimum atomic E-state index is -1.20. The lowest BCUT2D eigenvalue weighted by molar-refractivity contribution is -0.267. The molecule has 1 aliphatic heterocycles. The lowest BCUT2D eigenvalue weighted by Gasteiger charge is -2.45. The topological polar surface area (TPSA) is 196 Å². The fourth-order valence-corrected chi connectivity index (χ4v) is 3.13. The van der Waals surface area contributed by atoms with E-state index in [9.17, 15) is 24.0 Å². The number of methoxy groups -OCH3 is 1. The van der Waals surface area contributed by atoms with Crippen molar-refractivity contribution in [2.24, 2.45) is 11.8 Å². The SMILES string of the molecule is CO[C@@H]1C(OC=O)O[C@@H](NNC(=O)CCCCC(=O)NN)C(NC(C)=O)[C@H]1COC=O. The molecule has 31 heavy (non-hydrogen) atoms. The van der Waals surface area contributed by atoms with E-state index in [1.807, 2.05) is 5.43 Å². The number of ether oxygens (including phenoxy) is 4. The van der Waals surface area contributed by atoms with Gasteiger partial charge in [-0.15, -0.1) is 0 Å². The van der Waals surface area contributed by atoms with Gasteiger partial charge in [0.05, 0.1) is 12.6 Å². The molecule has 0 bridgehead atoms. The van der Waals surface area contributed by atoms with Gasteiger partial charge in [0.1, 0.15) is 12.3 Å². The highest BCUT2D eigenvalue weighted by Crippen LogP contribution is 2.28. The van der Waals surface area contributed by atoms with Crippen molar-refractivity contribution in [1.82, 2.24) is 21.6 Å². The van der Waals surface area contributed by atoms with E-state index in [-0.39, 0.29) is 38.3 Å². The van der Waals surface area contributed by atoms with Gasteiger partial charge < -0.3 is 24.3 Å². The largest absolute Gasteiger partial charge is 0.467 e. The summed E-state index contributed by atoms with van der Waals surface area (Å²) < 4.78 is 20.7. The number of amides is 3. The van der Waals surface area contributed by atoms with E-state index < -0.39 is 42.4 Å². The maximum absolute atomic E-state index is 12.1. The number of rotatable bonds is 14. The van der Waals surface area contributed by atoms with Crippen molar-refractivity contribution in [3.63, 3.8) is 0 Å². The van der Waals surface area contributed by atoms with Crippen LogP contribution in [0.1, 0.15) is 32.6 Å². The predicted octanol–water partition coefficient (Wildman–Crippen LogP) is -2.68. The highest BCUT2D eigenvalue weighted by Gasteiger charge is 2.48. The van der Waals surface area contributed by atoms with Crippen molar-refractivity contribution in [2.75, 3.05) is 13.7 Å². The van der Waals surface area contributed by atoms with Crippen LogP contribution < -0.4 is 27.4 Å². The average molecular weight is 447 g/mol. The van der Waals surface area contributed by atoms with Crippen molar-refractivity contribution in [1.29, 1.82) is 0 Å². The molecule has 1 fully saturated rings. The molecule has 1 rings (SSSR count). The van der Waals surface area contributed by atoms with Gasteiger partial charge in [-0.2, -0.15) is 0 Å². The number of nitrogens with one attached hydrogen (secondary N) is 4. The summed E-state index contributed by atoms with van der Waals surface area (Å²) in [4.78, 5) is 56.4. The van der Waals surface area contributed by atoms with Crippen molar-refractivity contribution < 1.29 is 42.9 Å². The second-order valence-electron chi connectivity index (χ2n) is 6.64. The third-order valence-corrected chi connectivity index (χ3v) is 4.52. The van der Waals surface area contributed by atoms with Crippen LogP contribution in [0.3, 0.4) is 0 Å². The highest BCUT2D eigenvalue weighted by atomic mass is 16.7. The Morgan fingerprint density at radius 3 is 2.32 bits per heavy atom. The Morgan fingerprint density at radius 1 is 1.10 bits per heavy atom. The van der Waals surface area contributed by atoms with E-state index in [1.54, 1.807) is 0 Å². The summed E-state index contributed by atoms with van der Waals surface area (Å²) in [7, 11) is 1.34. The molecule has 14 heteroatoms. The maximum atomic E-state index is 12.1. The number of unbranched alkanes of at least 4 members (excludes halogenated alkanes) is 1. The normalized spacial score (nSPS) is 25.1. The summed E-state index contributed by atoms with van der Waals surface area (Å²) in [6.07, 6.45) is -1.93. The molecule has 0 aromatic carbocycles. The van der Waals surface area contributed by atoms with Gasteiger partial charge in [-0.25, -0.2) is 11.3 Å². The van der Waals surface area contributed by atoms with E-state index in [0.29, 0.717) is 12.8 Å². The summed E-state index contributed by atoms with van der Waals surface area (Å²) in [6.45, 7) is 1.50. The molecule has 1 heterocycles. The fourth-order valence-electron chi connectivity index (χ4n) is 3.13. The second kappa shape index (κ2) is 14.2. The minimum absolute atomic E-state index is 0.106. The molecule has 176 valence electrons. The molecule has 1 aliphatic rings.